The van der Waals surface area contributed by atoms with Crippen LogP contribution in [-0.2, 0) is 12.4 Å². The standard InChI is InChI=1S/C21H13F6NO3/c22-20(23,24)14-7-3-12(4-8-14)17(13-5-9-15(10-6-13)21(25,26)27)28-11-1-2-16(18(28)29)19(30)31/h1-11,17H,(H,30,31). The van der Waals surface area contributed by atoms with Gasteiger partial charge in [0, 0.05) is 6.20 Å². The molecule has 1 N–H and O–H groups in total. The lowest BCUT2D eigenvalue weighted by atomic mass is 9.96. The second-order valence-electron chi connectivity index (χ2n) is 6.58. The van der Waals surface area contributed by atoms with Crippen LogP contribution in [0.15, 0.2) is 71.7 Å². The molecular weight excluding hydrogens is 428 g/mol. The number of halogens is 6. The topological polar surface area (TPSA) is 59.3 Å². The minimum Gasteiger partial charge on any atom is -0.477 e. The van der Waals surface area contributed by atoms with Crippen LogP contribution in [0.5, 0.6) is 0 Å². The molecule has 2 aromatic carbocycles. The van der Waals surface area contributed by atoms with Gasteiger partial charge in [0.1, 0.15) is 5.56 Å². The first-order valence-electron chi connectivity index (χ1n) is 8.68. The quantitative estimate of drug-likeness (QED) is 0.565. The van der Waals surface area contributed by atoms with Gasteiger partial charge in [0.25, 0.3) is 5.56 Å². The van der Waals surface area contributed by atoms with Crippen molar-refractivity contribution in [2.24, 2.45) is 0 Å². The van der Waals surface area contributed by atoms with Crippen molar-refractivity contribution in [2.45, 2.75) is 18.4 Å². The van der Waals surface area contributed by atoms with E-state index in [0.29, 0.717) is 0 Å². The van der Waals surface area contributed by atoms with Gasteiger partial charge in [0.05, 0.1) is 17.2 Å². The number of carboxylic acid groups (broad SMARTS) is 1. The van der Waals surface area contributed by atoms with E-state index in [2.05, 4.69) is 0 Å². The molecule has 0 saturated carbocycles. The van der Waals surface area contributed by atoms with Gasteiger partial charge in [-0.1, -0.05) is 24.3 Å². The Kier molecular flexibility index (Phi) is 5.66. The first-order valence-corrected chi connectivity index (χ1v) is 8.68. The van der Waals surface area contributed by atoms with Gasteiger partial charge in [-0.15, -0.1) is 0 Å². The number of nitrogens with zero attached hydrogens (tertiary/aromatic N) is 1. The van der Waals surface area contributed by atoms with Crippen LogP contribution in [0.1, 0.15) is 38.7 Å². The molecule has 31 heavy (non-hydrogen) atoms. The maximum Gasteiger partial charge on any atom is 0.416 e. The molecule has 0 bridgehead atoms. The van der Waals surface area contributed by atoms with Gasteiger partial charge in [-0.2, -0.15) is 26.3 Å². The molecule has 3 aromatic rings. The van der Waals surface area contributed by atoms with E-state index < -0.39 is 46.6 Å². The van der Waals surface area contributed by atoms with Gasteiger partial charge in [-0.3, -0.25) is 4.79 Å². The highest BCUT2D eigenvalue weighted by Crippen LogP contribution is 2.34. The van der Waals surface area contributed by atoms with Crippen LogP contribution in [0.4, 0.5) is 26.3 Å². The molecule has 0 unspecified atom stereocenters. The predicted octanol–water partition coefficient (Wildman–Crippen LogP) is 5.22. The van der Waals surface area contributed by atoms with Crippen molar-refractivity contribution in [1.29, 1.82) is 0 Å². The number of aromatic carboxylic acids is 1. The molecule has 0 aliphatic carbocycles. The van der Waals surface area contributed by atoms with Crippen LogP contribution >= 0.6 is 0 Å². The van der Waals surface area contributed by atoms with Crippen molar-refractivity contribution in [3.05, 3.63) is 105 Å². The van der Waals surface area contributed by atoms with E-state index in [1.54, 1.807) is 0 Å². The molecule has 0 fully saturated rings. The molecule has 0 aliphatic rings. The molecular formula is C21H13F6NO3. The lowest BCUT2D eigenvalue weighted by Gasteiger charge is -2.22. The summed E-state index contributed by atoms with van der Waals surface area (Å²) >= 11 is 0. The van der Waals surface area contributed by atoms with Crippen LogP contribution in [-0.4, -0.2) is 15.6 Å². The zero-order chi connectivity index (χ0) is 23.0. The molecule has 1 aromatic heterocycles. The zero-order valence-corrected chi connectivity index (χ0v) is 15.4. The van der Waals surface area contributed by atoms with Crippen molar-refractivity contribution in [3.63, 3.8) is 0 Å². The smallest absolute Gasteiger partial charge is 0.416 e. The summed E-state index contributed by atoms with van der Waals surface area (Å²) in [5, 5.41) is 9.20. The summed E-state index contributed by atoms with van der Waals surface area (Å²) in [7, 11) is 0. The highest BCUT2D eigenvalue weighted by Gasteiger charge is 2.32. The summed E-state index contributed by atoms with van der Waals surface area (Å²) in [4.78, 5) is 24.0. The molecule has 10 heteroatoms. The van der Waals surface area contributed by atoms with Crippen molar-refractivity contribution in [3.8, 4) is 0 Å². The van der Waals surface area contributed by atoms with Gasteiger partial charge in [0.2, 0.25) is 0 Å². The molecule has 162 valence electrons. The number of aromatic nitrogens is 1. The monoisotopic (exact) mass is 441 g/mol. The molecule has 0 radical (unpaired) electrons. The average Bonchev–Trinajstić information content (AvgIpc) is 2.69. The molecule has 0 saturated heterocycles. The van der Waals surface area contributed by atoms with Gasteiger partial charge in [-0.05, 0) is 47.5 Å². The highest BCUT2D eigenvalue weighted by molar-refractivity contribution is 5.87. The maximum atomic E-state index is 12.9. The van der Waals surface area contributed by atoms with E-state index >= 15 is 0 Å². The SMILES string of the molecule is O=C(O)c1cccn(C(c2ccc(C(F)(F)F)cc2)c2ccc(C(F)(F)F)cc2)c1=O. The lowest BCUT2D eigenvalue weighted by Crippen LogP contribution is -2.30. The Morgan fingerprint density at radius 1 is 0.774 bits per heavy atom. The van der Waals surface area contributed by atoms with E-state index in [1.165, 1.54) is 12.3 Å². The minimum atomic E-state index is -4.61. The summed E-state index contributed by atoms with van der Waals surface area (Å²) in [6.45, 7) is 0. The van der Waals surface area contributed by atoms with Crippen molar-refractivity contribution < 1.29 is 36.2 Å². The number of carbonyl (C=O) groups is 1. The van der Waals surface area contributed by atoms with Crippen molar-refractivity contribution in [1.82, 2.24) is 4.57 Å². The van der Waals surface area contributed by atoms with Gasteiger partial charge >= 0.3 is 18.3 Å². The molecule has 4 nitrogen and oxygen atoms in total. The minimum absolute atomic E-state index is 0.150. The van der Waals surface area contributed by atoms with Gasteiger partial charge in [0.15, 0.2) is 0 Å². The number of hydrogen-bond acceptors (Lipinski definition) is 2. The van der Waals surface area contributed by atoms with Crippen LogP contribution in [0.3, 0.4) is 0 Å². The van der Waals surface area contributed by atoms with E-state index in [-0.39, 0.29) is 11.1 Å². The van der Waals surface area contributed by atoms with E-state index in [4.69, 9.17) is 0 Å². The average molecular weight is 441 g/mol. The number of rotatable bonds is 4. The molecule has 0 spiro atoms. The third-order valence-corrected chi connectivity index (χ3v) is 4.59. The van der Waals surface area contributed by atoms with Crippen LogP contribution in [0, 0.1) is 0 Å². The fourth-order valence-corrected chi connectivity index (χ4v) is 3.10. The fourth-order valence-electron chi connectivity index (χ4n) is 3.10. The van der Waals surface area contributed by atoms with Crippen molar-refractivity contribution in [2.75, 3.05) is 0 Å². The van der Waals surface area contributed by atoms with E-state index in [0.717, 1.165) is 59.2 Å². The predicted molar refractivity (Wildman–Crippen MR) is 97.8 cm³/mol. The largest absolute Gasteiger partial charge is 0.477 e. The first-order chi connectivity index (χ1) is 14.4. The summed E-state index contributed by atoms with van der Waals surface area (Å²) in [5.41, 5.74) is -3.15. The number of benzene rings is 2. The third-order valence-electron chi connectivity index (χ3n) is 4.59. The van der Waals surface area contributed by atoms with Gasteiger partial charge < -0.3 is 9.67 Å². The second-order valence-corrected chi connectivity index (χ2v) is 6.58. The Morgan fingerprint density at radius 3 is 1.55 bits per heavy atom. The Balaban J connectivity index is 2.19. The van der Waals surface area contributed by atoms with Crippen LogP contribution < -0.4 is 5.56 Å². The molecule has 0 aliphatic heterocycles. The molecule has 1 heterocycles. The number of carboxylic acids is 1. The van der Waals surface area contributed by atoms with E-state index in [1.807, 2.05) is 0 Å². The van der Waals surface area contributed by atoms with Gasteiger partial charge in [-0.25, -0.2) is 4.79 Å². The highest BCUT2D eigenvalue weighted by atomic mass is 19.4. The normalized spacial score (nSPS) is 12.2. The first kappa shape index (κ1) is 22.1. The number of alkyl halides is 6. The number of hydrogen-bond donors (Lipinski definition) is 1. The summed E-state index contributed by atoms with van der Waals surface area (Å²) in [6.07, 6.45) is -8.00. The molecule has 0 atom stereocenters. The Labute approximate surface area is 171 Å². The third kappa shape index (κ3) is 4.62. The fraction of sp³-hybridized carbons (Fsp3) is 0.143. The van der Waals surface area contributed by atoms with Crippen LogP contribution in [0.25, 0.3) is 0 Å². The zero-order valence-electron chi connectivity index (χ0n) is 15.4. The number of pyridine rings is 1. The molecule has 3 rings (SSSR count). The Morgan fingerprint density at radius 2 is 1.19 bits per heavy atom. The Bertz CT molecular complexity index is 1090. The summed E-state index contributed by atoms with van der Waals surface area (Å²) < 4.78 is 78.4. The molecule has 0 amide bonds. The summed E-state index contributed by atoms with van der Waals surface area (Å²) in [6, 6.07) is 8.61. The lowest BCUT2D eigenvalue weighted by molar-refractivity contribution is -0.138. The second kappa shape index (κ2) is 7.93. The summed E-state index contributed by atoms with van der Waals surface area (Å²) in [5.74, 6) is -1.52. The van der Waals surface area contributed by atoms with Crippen molar-refractivity contribution >= 4 is 5.97 Å². The van der Waals surface area contributed by atoms with E-state index in [9.17, 15) is 41.0 Å². The Hall–Kier alpha value is -3.56. The maximum absolute atomic E-state index is 12.9. The van der Waals surface area contributed by atoms with Crippen LogP contribution in [0.2, 0.25) is 0 Å².